The Labute approximate surface area is 237 Å². The number of nitrogens with zero attached hydrogens (tertiary/aromatic N) is 2. The van der Waals surface area contributed by atoms with Gasteiger partial charge in [0.15, 0.2) is 0 Å². The fourth-order valence-corrected chi connectivity index (χ4v) is 5.96. The minimum absolute atomic E-state index is 0.196. The first-order valence-corrected chi connectivity index (χ1v) is 15.1. The van der Waals surface area contributed by atoms with E-state index >= 15 is 0 Å². The van der Waals surface area contributed by atoms with Crippen LogP contribution in [0.3, 0.4) is 0 Å². The Balaban J connectivity index is 0.935. The summed E-state index contributed by atoms with van der Waals surface area (Å²) >= 11 is 6.02. The number of unbranched alkanes of at least 4 members (excludes halogenated alkanes) is 2. The van der Waals surface area contributed by atoms with E-state index in [0.717, 1.165) is 85.0 Å². The molecule has 0 radical (unpaired) electrons. The summed E-state index contributed by atoms with van der Waals surface area (Å²) in [6.45, 7) is 7.30. The number of amides is 1. The molecule has 1 N–H and O–H groups in total. The average Bonchev–Trinajstić information content (AvgIpc) is 3.39. The highest BCUT2D eigenvalue weighted by molar-refractivity contribution is 6.30. The number of nitrogens with one attached hydrogen (secondary N) is 1. The fraction of sp³-hybridized carbons (Fsp3) is 0.531. The van der Waals surface area contributed by atoms with Gasteiger partial charge >= 0.3 is 0 Å². The van der Waals surface area contributed by atoms with Gasteiger partial charge in [0, 0.05) is 54.8 Å². The lowest BCUT2D eigenvalue weighted by Gasteiger charge is -2.34. The molecule has 2 fully saturated rings. The maximum atomic E-state index is 12.4. The number of ether oxygens (including phenoxy) is 1. The quantitative estimate of drug-likeness (QED) is 0.256. The zero-order valence-corrected chi connectivity index (χ0v) is 23.8. The molecule has 39 heavy (non-hydrogen) atoms. The number of piperazine rings is 1. The third-order valence-corrected chi connectivity index (χ3v) is 8.49. The van der Waals surface area contributed by atoms with E-state index in [2.05, 4.69) is 21.2 Å². The van der Waals surface area contributed by atoms with Crippen molar-refractivity contribution >= 4 is 28.5 Å². The molecule has 3 aromatic rings. The summed E-state index contributed by atoms with van der Waals surface area (Å²) < 4.78 is 11.8. The second-order valence-electron chi connectivity index (χ2n) is 11.1. The highest BCUT2D eigenvalue weighted by Gasteiger charge is 2.20. The molecule has 0 atom stereocenters. The number of furan rings is 1. The van der Waals surface area contributed by atoms with Gasteiger partial charge in [-0.2, -0.15) is 0 Å². The van der Waals surface area contributed by atoms with E-state index in [-0.39, 0.29) is 5.91 Å². The lowest BCUT2D eigenvalue weighted by atomic mass is 9.89. The van der Waals surface area contributed by atoms with E-state index < -0.39 is 0 Å². The number of rotatable bonds is 12. The lowest BCUT2D eigenvalue weighted by Crippen LogP contribution is -2.49. The van der Waals surface area contributed by atoms with Gasteiger partial charge in [0.1, 0.15) is 11.3 Å². The van der Waals surface area contributed by atoms with Crippen molar-refractivity contribution in [1.29, 1.82) is 0 Å². The van der Waals surface area contributed by atoms with Gasteiger partial charge < -0.3 is 19.4 Å². The minimum atomic E-state index is 0.196. The molecule has 1 aliphatic heterocycles. The van der Waals surface area contributed by atoms with E-state index in [1.165, 1.54) is 38.5 Å². The standard InChI is InChI=1S/C32H42ClN3O3/c33-27-11-9-26(10-12-27)30-24-39-31-21-28(13-14-29(30)31)38-20-6-2-5-15-35-16-18-36(19-17-35)23-32(37)34-22-25-7-3-1-4-8-25/h9-14,21,24-25H,1-8,15-20,22-23H2,(H,34,37). The largest absolute Gasteiger partial charge is 0.493 e. The van der Waals surface area contributed by atoms with E-state index in [0.29, 0.717) is 19.1 Å². The lowest BCUT2D eigenvalue weighted by molar-refractivity contribution is -0.122. The number of halogens is 1. The molecular formula is C32H42ClN3O3. The number of hydrogen-bond acceptors (Lipinski definition) is 5. The molecule has 1 saturated carbocycles. The first-order chi connectivity index (χ1) is 19.1. The number of fused-ring (bicyclic) bond motifs is 1. The molecule has 2 aliphatic rings. The van der Waals surface area contributed by atoms with Crippen molar-refractivity contribution < 1.29 is 13.9 Å². The zero-order valence-electron chi connectivity index (χ0n) is 23.0. The van der Waals surface area contributed by atoms with E-state index in [4.69, 9.17) is 20.8 Å². The van der Waals surface area contributed by atoms with Gasteiger partial charge in [0.2, 0.25) is 5.91 Å². The SMILES string of the molecule is O=C(CN1CCN(CCCCCOc2ccc3c(-c4ccc(Cl)cc4)coc3c2)CC1)NCC1CCCCC1. The van der Waals surface area contributed by atoms with Crippen LogP contribution < -0.4 is 10.1 Å². The van der Waals surface area contributed by atoms with Crippen LogP contribution >= 0.6 is 11.6 Å². The zero-order chi connectivity index (χ0) is 26.9. The van der Waals surface area contributed by atoms with Crippen molar-refractivity contribution in [3.8, 4) is 16.9 Å². The minimum Gasteiger partial charge on any atom is -0.493 e. The molecule has 5 rings (SSSR count). The van der Waals surface area contributed by atoms with Crippen LogP contribution in [-0.4, -0.2) is 68.1 Å². The topological polar surface area (TPSA) is 58.0 Å². The molecule has 2 heterocycles. The molecule has 210 valence electrons. The van der Waals surface area contributed by atoms with Crippen molar-refractivity contribution in [1.82, 2.24) is 15.1 Å². The fourth-order valence-electron chi connectivity index (χ4n) is 5.84. The van der Waals surface area contributed by atoms with E-state index in [1.54, 1.807) is 6.26 Å². The van der Waals surface area contributed by atoms with Gasteiger partial charge in [-0.05, 0) is 74.4 Å². The van der Waals surface area contributed by atoms with E-state index in [1.807, 2.05) is 36.4 Å². The van der Waals surface area contributed by atoms with Crippen LogP contribution in [0.25, 0.3) is 22.1 Å². The molecule has 1 aliphatic carbocycles. The van der Waals surface area contributed by atoms with Crippen LogP contribution in [0.5, 0.6) is 5.75 Å². The van der Waals surface area contributed by atoms with Crippen LogP contribution in [0.1, 0.15) is 51.4 Å². The number of carbonyl (C=O) groups is 1. The summed E-state index contributed by atoms with van der Waals surface area (Å²) in [4.78, 5) is 17.2. The third-order valence-electron chi connectivity index (χ3n) is 8.23. The van der Waals surface area contributed by atoms with Gasteiger partial charge in [-0.15, -0.1) is 0 Å². The van der Waals surface area contributed by atoms with Crippen LogP contribution in [0, 0.1) is 5.92 Å². The van der Waals surface area contributed by atoms with Crippen molar-refractivity contribution in [2.45, 2.75) is 51.4 Å². The predicted molar refractivity (Wildman–Crippen MR) is 158 cm³/mol. The summed E-state index contributed by atoms with van der Waals surface area (Å²) in [6.07, 6.45) is 11.7. The second-order valence-corrected chi connectivity index (χ2v) is 11.6. The Morgan fingerprint density at radius 2 is 1.72 bits per heavy atom. The molecule has 2 aromatic carbocycles. The van der Waals surface area contributed by atoms with Crippen molar-refractivity contribution in [3.05, 3.63) is 53.8 Å². The Bertz CT molecular complexity index is 1180. The first-order valence-electron chi connectivity index (χ1n) is 14.8. The Morgan fingerprint density at radius 3 is 2.51 bits per heavy atom. The second kappa shape index (κ2) is 14.2. The summed E-state index contributed by atoms with van der Waals surface area (Å²) in [5, 5.41) is 4.98. The highest BCUT2D eigenvalue weighted by Crippen LogP contribution is 2.33. The number of carbonyl (C=O) groups excluding carboxylic acids is 1. The summed E-state index contributed by atoms with van der Waals surface area (Å²) in [5.41, 5.74) is 2.98. The van der Waals surface area contributed by atoms with Crippen LogP contribution in [0.2, 0.25) is 5.02 Å². The normalized spacial score (nSPS) is 17.5. The maximum Gasteiger partial charge on any atom is 0.234 e. The van der Waals surface area contributed by atoms with Crippen LogP contribution in [0.15, 0.2) is 53.1 Å². The molecule has 1 amide bonds. The molecule has 6 nitrogen and oxygen atoms in total. The molecule has 7 heteroatoms. The Morgan fingerprint density at radius 1 is 0.949 bits per heavy atom. The van der Waals surface area contributed by atoms with E-state index in [9.17, 15) is 4.79 Å². The average molecular weight is 552 g/mol. The van der Waals surface area contributed by atoms with Crippen molar-refractivity contribution in [2.24, 2.45) is 5.92 Å². The predicted octanol–water partition coefficient (Wildman–Crippen LogP) is 6.62. The molecule has 0 spiro atoms. The van der Waals surface area contributed by atoms with Crippen molar-refractivity contribution in [2.75, 3.05) is 52.4 Å². The molecular weight excluding hydrogens is 510 g/mol. The first kappa shape index (κ1) is 28.0. The van der Waals surface area contributed by atoms with Gasteiger partial charge in [-0.3, -0.25) is 9.69 Å². The summed E-state index contributed by atoms with van der Waals surface area (Å²) in [5.74, 6) is 1.74. The highest BCUT2D eigenvalue weighted by atomic mass is 35.5. The van der Waals surface area contributed by atoms with Crippen molar-refractivity contribution in [3.63, 3.8) is 0 Å². The molecule has 1 saturated heterocycles. The van der Waals surface area contributed by atoms with Gasteiger partial charge in [-0.1, -0.05) is 43.0 Å². The number of hydrogen-bond donors (Lipinski definition) is 1. The third kappa shape index (κ3) is 8.23. The van der Waals surface area contributed by atoms with Gasteiger partial charge in [-0.25, -0.2) is 0 Å². The monoisotopic (exact) mass is 551 g/mol. The Kier molecular flexibility index (Phi) is 10.2. The molecule has 0 bridgehead atoms. The maximum absolute atomic E-state index is 12.4. The summed E-state index contributed by atoms with van der Waals surface area (Å²) in [6, 6.07) is 13.9. The van der Waals surface area contributed by atoms with Gasteiger partial charge in [0.05, 0.1) is 19.4 Å². The summed E-state index contributed by atoms with van der Waals surface area (Å²) in [7, 11) is 0. The molecule has 0 unspecified atom stereocenters. The number of benzene rings is 2. The Hall–Kier alpha value is -2.54. The molecule has 1 aromatic heterocycles. The van der Waals surface area contributed by atoms with Crippen LogP contribution in [-0.2, 0) is 4.79 Å². The van der Waals surface area contributed by atoms with Gasteiger partial charge in [0.25, 0.3) is 0 Å². The van der Waals surface area contributed by atoms with Crippen LogP contribution in [0.4, 0.5) is 0 Å². The smallest absolute Gasteiger partial charge is 0.234 e.